The van der Waals surface area contributed by atoms with E-state index in [4.69, 9.17) is 0 Å². The summed E-state index contributed by atoms with van der Waals surface area (Å²) in [5, 5.41) is 32.7. The molecule has 134 valence electrons. The van der Waals surface area contributed by atoms with Gasteiger partial charge in [0.25, 0.3) is 5.56 Å². The summed E-state index contributed by atoms with van der Waals surface area (Å²) in [6.45, 7) is 0. The van der Waals surface area contributed by atoms with Gasteiger partial charge < -0.3 is 10.2 Å². The topological polar surface area (TPSA) is 134 Å². The third-order valence-corrected chi connectivity index (χ3v) is 4.23. The van der Waals surface area contributed by atoms with Crippen LogP contribution in [0.2, 0.25) is 0 Å². The van der Waals surface area contributed by atoms with E-state index in [9.17, 15) is 20.3 Å². The van der Waals surface area contributed by atoms with Gasteiger partial charge in [0.1, 0.15) is 11.6 Å². The van der Waals surface area contributed by atoms with Crippen LogP contribution in [0.5, 0.6) is 11.5 Å². The lowest BCUT2D eigenvalue weighted by Crippen LogP contribution is -2.16. The van der Waals surface area contributed by atoms with Crippen molar-refractivity contribution in [2.45, 2.75) is 0 Å². The molecule has 0 aliphatic carbocycles. The molecule has 0 fully saturated rings. The lowest BCUT2D eigenvalue weighted by Gasteiger charge is -2.06. The summed E-state index contributed by atoms with van der Waals surface area (Å²) in [5.74, 6) is -0.633. The molecule has 0 aliphatic heterocycles. The Kier molecular flexibility index (Phi) is 5.19. The van der Waals surface area contributed by atoms with E-state index in [-0.39, 0.29) is 34.3 Å². The molecule has 27 heavy (non-hydrogen) atoms. The first-order valence-corrected chi connectivity index (χ1v) is 8.40. The van der Waals surface area contributed by atoms with Crippen LogP contribution in [0.4, 0.5) is 5.95 Å². The highest BCUT2D eigenvalue weighted by Gasteiger charge is 2.13. The Bertz CT molecular complexity index is 1120. The first-order valence-electron chi connectivity index (χ1n) is 7.60. The van der Waals surface area contributed by atoms with E-state index in [0.717, 1.165) is 0 Å². The van der Waals surface area contributed by atoms with Crippen LogP contribution in [0.1, 0.15) is 11.1 Å². The van der Waals surface area contributed by atoms with Gasteiger partial charge in [-0.2, -0.15) is 10.4 Å². The van der Waals surface area contributed by atoms with Crippen LogP contribution < -0.4 is 11.0 Å². The molecule has 0 amide bonds. The smallest absolute Gasteiger partial charge is 0.270 e. The standard InChI is InChI=1S/C18H12BrN5O3/c19-13-7-6-11(15(25)16(13)26)9-21-24-18-22-14(10-4-2-1-3-5-10)12(8-20)17(27)23-18/h1-7,9,25-26H,(H2,22,23,24,27). The van der Waals surface area contributed by atoms with Crippen molar-refractivity contribution in [2.24, 2.45) is 5.10 Å². The molecule has 8 nitrogen and oxygen atoms in total. The predicted octanol–water partition coefficient (Wildman–Crippen LogP) is 2.93. The van der Waals surface area contributed by atoms with Crippen LogP contribution in [0.3, 0.4) is 0 Å². The third kappa shape index (κ3) is 3.80. The zero-order valence-electron chi connectivity index (χ0n) is 13.6. The molecule has 4 N–H and O–H groups in total. The Morgan fingerprint density at radius 1 is 1.19 bits per heavy atom. The van der Waals surface area contributed by atoms with Crippen LogP contribution >= 0.6 is 15.9 Å². The fourth-order valence-corrected chi connectivity index (χ4v) is 2.59. The predicted molar refractivity (Wildman–Crippen MR) is 104 cm³/mol. The summed E-state index contributed by atoms with van der Waals surface area (Å²) in [6, 6.07) is 13.8. The van der Waals surface area contributed by atoms with E-state index in [1.54, 1.807) is 30.3 Å². The molecule has 0 bridgehead atoms. The Hall–Kier alpha value is -3.64. The maximum atomic E-state index is 12.1. The highest BCUT2D eigenvalue weighted by Crippen LogP contribution is 2.35. The van der Waals surface area contributed by atoms with Crippen molar-refractivity contribution < 1.29 is 10.2 Å². The number of hydrogen-bond donors (Lipinski definition) is 4. The number of phenolic OH excluding ortho intramolecular Hbond substituents is 2. The van der Waals surface area contributed by atoms with Crippen LogP contribution in [0.15, 0.2) is 56.8 Å². The highest BCUT2D eigenvalue weighted by atomic mass is 79.9. The minimum absolute atomic E-state index is 0.0231. The van der Waals surface area contributed by atoms with E-state index < -0.39 is 5.56 Å². The lowest BCUT2D eigenvalue weighted by atomic mass is 10.1. The number of H-pyrrole nitrogens is 1. The second-order valence-corrected chi connectivity index (χ2v) is 6.17. The minimum Gasteiger partial charge on any atom is -0.504 e. The van der Waals surface area contributed by atoms with Crippen molar-refractivity contribution in [1.82, 2.24) is 9.97 Å². The van der Waals surface area contributed by atoms with Gasteiger partial charge in [-0.15, -0.1) is 0 Å². The Morgan fingerprint density at radius 3 is 2.63 bits per heavy atom. The normalized spacial score (nSPS) is 10.7. The zero-order chi connectivity index (χ0) is 19.4. The highest BCUT2D eigenvalue weighted by molar-refractivity contribution is 9.10. The molecule has 1 heterocycles. The third-order valence-electron chi connectivity index (χ3n) is 3.59. The first kappa shape index (κ1) is 18.2. The molecule has 0 unspecified atom stereocenters. The number of aromatic amines is 1. The van der Waals surface area contributed by atoms with Crippen LogP contribution in [-0.2, 0) is 0 Å². The first-order chi connectivity index (χ1) is 13.0. The maximum Gasteiger partial charge on any atom is 0.270 e. The second-order valence-electron chi connectivity index (χ2n) is 5.32. The summed E-state index contributed by atoms with van der Waals surface area (Å²) in [4.78, 5) is 18.8. The van der Waals surface area contributed by atoms with Crippen LogP contribution in [-0.4, -0.2) is 26.4 Å². The zero-order valence-corrected chi connectivity index (χ0v) is 15.2. The van der Waals surface area contributed by atoms with Gasteiger partial charge in [-0.3, -0.25) is 9.78 Å². The SMILES string of the molecule is N#Cc1c(-c2ccccc2)nc(NN=Cc2ccc(Br)c(O)c2O)[nH]c1=O. The average Bonchev–Trinajstić information content (AvgIpc) is 2.68. The molecule has 0 atom stereocenters. The Labute approximate surface area is 161 Å². The molecule has 0 spiro atoms. The molecule has 3 rings (SSSR count). The van der Waals surface area contributed by atoms with E-state index in [2.05, 4.69) is 36.4 Å². The molecule has 9 heteroatoms. The number of benzene rings is 2. The molecule has 0 saturated carbocycles. The van der Waals surface area contributed by atoms with Crippen molar-refractivity contribution in [3.63, 3.8) is 0 Å². The molecule has 1 aromatic heterocycles. The van der Waals surface area contributed by atoms with Gasteiger partial charge in [0.2, 0.25) is 5.95 Å². The molecule has 0 aliphatic rings. The molecule has 2 aromatic carbocycles. The van der Waals surface area contributed by atoms with Crippen molar-refractivity contribution in [3.8, 4) is 28.8 Å². The summed E-state index contributed by atoms with van der Waals surface area (Å²) >= 11 is 3.09. The number of aromatic nitrogens is 2. The van der Waals surface area contributed by atoms with Gasteiger partial charge >= 0.3 is 0 Å². The number of halogens is 1. The van der Waals surface area contributed by atoms with Crippen molar-refractivity contribution in [1.29, 1.82) is 5.26 Å². The number of phenols is 2. The van der Waals surface area contributed by atoms with E-state index in [0.29, 0.717) is 10.0 Å². The summed E-state index contributed by atoms with van der Waals surface area (Å²) in [7, 11) is 0. The lowest BCUT2D eigenvalue weighted by molar-refractivity contribution is 0.401. The minimum atomic E-state index is -0.604. The summed E-state index contributed by atoms with van der Waals surface area (Å²) < 4.78 is 0.343. The molecule has 0 saturated heterocycles. The molecular weight excluding hydrogens is 414 g/mol. The van der Waals surface area contributed by atoms with E-state index >= 15 is 0 Å². The van der Waals surface area contributed by atoms with Crippen molar-refractivity contribution in [2.75, 3.05) is 5.43 Å². The Morgan fingerprint density at radius 2 is 1.93 bits per heavy atom. The fourth-order valence-electron chi connectivity index (χ4n) is 2.27. The quantitative estimate of drug-likeness (QED) is 0.288. The number of nitrogens with one attached hydrogen (secondary N) is 2. The number of hydrogen-bond acceptors (Lipinski definition) is 7. The second kappa shape index (κ2) is 7.72. The number of nitrogens with zero attached hydrogens (tertiary/aromatic N) is 3. The molecule has 3 aromatic rings. The fraction of sp³-hybridized carbons (Fsp3) is 0. The monoisotopic (exact) mass is 425 g/mol. The Balaban J connectivity index is 1.93. The van der Waals surface area contributed by atoms with Gasteiger partial charge in [-0.1, -0.05) is 30.3 Å². The maximum absolute atomic E-state index is 12.1. The van der Waals surface area contributed by atoms with Gasteiger partial charge in [0.15, 0.2) is 11.5 Å². The number of anilines is 1. The van der Waals surface area contributed by atoms with Gasteiger partial charge in [-0.25, -0.2) is 10.4 Å². The van der Waals surface area contributed by atoms with E-state index in [1.807, 2.05) is 12.1 Å². The van der Waals surface area contributed by atoms with Gasteiger partial charge in [0.05, 0.1) is 16.4 Å². The van der Waals surface area contributed by atoms with Crippen LogP contribution in [0, 0.1) is 11.3 Å². The van der Waals surface area contributed by atoms with E-state index in [1.165, 1.54) is 12.3 Å². The molecule has 0 radical (unpaired) electrons. The molecular formula is C18H12BrN5O3. The van der Waals surface area contributed by atoms with Crippen molar-refractivity contribution in [3.05, 3.63) is 68.4 Å². The largest absolute Gasteiger partial charge is 0.504 e. The van der Waals surface area contributed by atoms with Gasteiger partial charge in [-0.05, 0) is 28.1 Å². The number of rotatable bonds is 4. The number of nitriles is 1. The number of aromatic hydroxyl groups is 2. The van der Waals surface area contributed by atoms with Gasteiger partial charge in [0, 0.05) is 11.1 Å². The summed E-state index contributed by atoms with van der Waals surface area (Å²) in [5.41, 5.74) is 2.93. The van der Waals surface area contributed by atoms with Crippen LogP contribution in [0.25, 0.3) is 11.3 Å². The average molecular weight is 426 g/mol. The number of hydrazone groups is 1. The van der Waals surface area contributed by atoms with Crippen molar-refractivity contribution >= 4 is 28.1 Å². The summed E-state index contributed by atoms with van der Waals surface area (Å²) in [6.07, 6.45) is 1.25.